The summed E-state index contributed by atoms with van der Waals surface area (Å²) in [6, 6.07) is 0. The van der Waals surface area contributed by atoms with Crippen LogP contribution in [0.1, 0.15) is 35.3 Å². The summed E-state index contributed by atoms with van der Waals surface area (Å²) in [4.78, 5) is 23.0. The largest absolute Gasteiger partial charge is 0.478 e. The minimum atomic E-state index is -1.05. The number of rotatable bonds is 4. The Morgan fingerprint density at radius 2 is 2.37 bits per heavy atom. The summed E-state index contributed by atoms with van der Waals surface area (Å²) in [6.07, 6.45) is 2.54. The van der Waals surface area contributed by atoms with Crippen LogP contribution in [-0.4, -0.2) is 34.4 Å². The predicted octanol–water partition coefficient (Wildman–Crippen LogP) is 1.48. The quantitative estimate of drug-likeness (QED) is 0.778. The van der Waals surface area contributed by atoms with Gasteiger partial charge < -0.3 is 15.7 Å². The average Bonchev–Trinajstić information content (AvgIpc) is 2.71. The summed E-state index contributed by atoms with van der Waals surface area (Å²) < 4.78 is 3.97. The first kappa shape index (κ1) is 14.0. The molecule has 1 unspecified atom stereocenters. The van der Waals surface area contributed by atoms with Gasteiger partial charge in [-0.2, -0.15) is 4.37 Å². The first-order valence-electron chi connectivity index (χ1n) is 6.28. The Morgan fingerprint density at radius 1 is 1.58 bits per heavy atom. The lowest BCUT2D eigenvalue weighted by Gasteiger charge is -2.21. The van der Waals surface area contributed by atoms with E-state index in [0.29, 0.717) is 23.0 Å². The van der Waals surface area contributed by atoms with Gasteiger partial charge in [-0.05, 0) is 50.3 Å². The molecule has 2 heterocycles. The zero-order valence-electron chi connectivity index (χ0n) is 10.7. The Labute approximate surface area is 115 Å². The maximum absolute atomic E-state index is 11.9. The number of carbonyl (C=O) groups excluding carboxylic acids is 1. The van der Waals surface area contributed by atoms with Gasteiger partial charge in [-0.3, -0.25) is 4.79 Å². The van der Waals surface area contributed by atoms with E-state index < -0.39 is 5.97 Å². The number of piperidine rings is 1. The van der Waals surface area contributed by atoms with Crippen LogP contribution in [0.3, 0.4) is 0 Å². The Kier molecular flexibility index (Phi) is 4.49. The van der Waals surface area contributed by atoms with Gasteiger partial charge in [0.2, 0.25) is 5.91 Å². The molecule has 1 aliphatic heterocycles. The molecule has 7 heteroatoms. The highest BCUT2D eigenvalue weighted by molar-refractivity contribution is 7.11. The zero-order valence-corrected chi connectivity index (χ0v) is 11.5. The van der Waals surface area contributed by atoms with E-state index in [1.165, 1.54) is 0 Å². The molecular formula is C12H17N3O3S. The summed E-state index contributed by atoms with van der Waals surface area (Å²) in [5, 5.41) is 15.3. The van der Waals surface area contributed by atoms with Crippen LogP contribution >= 0.6 is 11.5 Å². The lowest BCUT2D eigenvalue weighted by molar-refractivity contribution is -0.117. The van der Waals surface area contributed by atoms with E-state index in [9.17, 15) is 9.59 Å². The van der Waals surface area contributed by atoms with Gasteiger partial charge in [-0.1, -0.05) is 0 Å². The van der Waals surface area contributed by atoms with Gasteiger partial charge in [-0.15, -0.1) is 0 Å². The number of carboxylic acid groups (broad SMARTS) is 1. The molecule has 0 spiro atoms. The van der Waals surface area contributed by atoms with Gasteiger partial charge in [0.05, 0.1) is 5.69 Å². The third kappa shape index (κ3) is 3.51. The molecule has 19 heavy (non-hydrogen) atoms. The van der Waals surface area contributed by atoms with Crippen molar-refractivity contribution in [1.29, 1.82) is 0 Å². The molecule has 3 N–H and O–H groups in total. The maximum atomic E-state index is 11.9. The number of aromatic carboxylic acids is 1. The minimum absolute atomic E-state index is 0.0973. The molecule has 1 aromatic heterocycles. The second-order valence-electron chi connectivity index (χ2n) is 4.74. The van der Waals surface area contributed by atoms with Crippen molar-refractivity contribution in [2.75, 3.05) is 18.4 Å². The van der Waals surface area contributed by atoms with Crippen LogP contribution in [-0.2, 0) is 4.79 Å². The number of nitrogens with one attached hydrogen (secondary N) is 2. The smallest absolute Gasteiger partial charge is 0.340 e. The molecule has 2 rings (SSSR count). The number of hydrogen-bond donors (Lipinski definition) is 3. The Balaban J connectivity index is 1.96. The van der Waals surface area contributed by atoms with Gasteiger partial charge in [0, 0.05) is 6.42 Å². The number of carbonyl (C=O) groups is 2. The van der Waals surface area contributed by atoms with Crippen LogP contribution in [0.25, 0.3) is 0 Å². The molecule has 104 valence electrons. The molecule has 1 atom stereocenters. The number of anilines is 1. The summed E-state index contributed by atoms with van der Waals surface area (Å²) in [6.45, 7) is 3.48. The van der Waals surface area contributed by atoms with Gasteiger partial charge in [0.15, 0.2) is 0 Å². The Morgan fingerprint density at radius 3 is 3.00 bits per heavy atom. The fourth-order valence-corrected chi connectivity index (χ4v) is 3.05. The number of nitrogens with zero attached hydrogens (tertiary/aromatic N) is 1. The van der Waals surface area contributed by atoms with Crippen molar-refractivity contribution < 1.29 is 14.7 Å². The second-order valence-corrected chi connectivity index (χ2v) is 5.52. The topological polar surface area (TPSA) is 91.3 Å². The number of amides is 1. The third-order valence-electron chi connectivity index (χ3n) is 3.20. The van der Waals surface area contributed by atoms with Crippen molar-refractivity contribution in [3.8, 4) is 0 Å². The SMILES string of the molecule is Cc1nsc(NC(=O)CC2CCCNC2)c1C(=O)O. The van der Waals surface area contributed by atoms with E-state index in [0.717, 1.165) is 37.5 Å². The molecule has 0 aliphatic carbocycles. The van der Waals surface area contributed by atoms with Crippen LogP contribution < -0.4 is 10.6 Å². The third-order valence-corrected chi connectivity index (χ3v) is 4.06. The minimum Gasteiger partial charge on any atom is -0.478 e. The van der Waals surface area contributed by atoms with Crippen molar-refractivity contribution in [3.63, 3.8) is 0 Å². The lowest BCUT2D eigenvalue weighted by Crippen LogP contribution is -2.32. The second kappa shape index (κ2) is 6.12. The predicted molar refractivity (Wildman–Crippen MR) is 72.7 cm³/mol. The Hall–Kier alpha value is -1.47. The standard InChI is InChI=1S/C12H17N3O3S/c1-7-10(12(17)18)11(19-15-7)14-9(16)5-8-3-2-4-13-6-8/h8,13H,2-6H2,1H3,(H,14,16)(H,17,18). The van der Waals surface area contributed by atoms with Crippen molar-refractivity contribution >= 4 is 28.4 Å². The molecule has 0 bridgehead atoms. The van der Waals surface area contributed by atoms with Crippen LogP contribution in [0.2, 0.25) is 0 Å². The lowest BCUT2D eigenvalue weighted by atomic mass is 9.96. The first-order valence-corrected chi connectivity index (χ1v) is 7.05. The summed E-state index contributed by atoms with van der Waals surface area (Å²) >= 11 is 1.02. The molecular weight excluding hydrogens is 266 g/mol. The van der Waals surface area contributed by atoms with Crippen molar-refractivity contribution in [1.82, 2.24) is 9.69 Å². The van der Waals surface area contributed by atoms with E-state index in [1.54, 1.807) is 6.92 Å². The van der Waals surface area contributed by atoms with Crippen molar-refractivity contribution in [2.24, 2.45) is 5.92 Å². The molecule has 1 amide bonds. The van der Waals surface area contributed by atoms with Crippen LogP contribution in [0.15, 0.2) is 0 Å². The fraction of sp³-hybridized carbons (Fsp3) is 0.583. The first-order chi connectivity index (χ1) is 9.08. The fourth-order valence-electron chi connectivity index (χ4n) is 2.24. The molecule has 6 nitrogen and oxygen atoms in total. The molecule has 1 saturated heterocycles. The molecule has 1 fully saturated rings. The van der Waals surface area contributed by atoms with Crippen molar-refractivity contribution in [3.05, 3.63) is 11.3 Å². The van der Waals surface area contributed by atoms with E-state index in [1.807, 2.05) is 0 Å². The normalized spacial score (nSPS) is 19.1. The van der Waals surface area contributed by atoms with Crippen molar-refractivity contribution in [2.45, 2.75) is 26.2 Å². The highest BCUT2D eigenvalue weighted by Crippen LogP contribution is 2.25. The van der Waals surface area contributed by atoms with E-state index in [4.69, 9.17) is 5.11 Å². The van der Waals surface area contributed by atoms with E-state index >= 15 is 0 Å². The molecule has 1 aliphatic rings. The maximum Gasteiger partial charge on any atom is 0.340 e. The average molecular weight is 283 g/mol. The van der Waals surface area contributed by atoms with Crippen LogP contribution in [0.5, 0.6) is 0 Å². The highest BCUT2D eigenvalue weighted by atomic mass is 32.1. The number of carboxylic acids is 1. The number of aromatic nitrogens is 1. The van der Waals surface area contributed by atoms with Gasteiger partial charge in [0.1, 0.15) is 10.6 Å². The van der Waals surface area contributed by atoms with Gasteiger partial charge >= 0.3 is 5.97 Å². The van der Waals surface area contributed by atoms with Gasteiger partial charge in [0.25, 0.3) is 0 Å². The molecule has 0 saturated carbocycles. The number of aryl methyl sites for hydroxylation is 1. The zero-order chi connectivity index (χ0) is 13.8. The van der Waals surface area contributed by atoms with E-state index in [2.05, 4.69) is 15.0 Å². The summed E-state index contributed by atoms with van der Waals surface area (Å²) in [5.41, 5.74) is 0.534. The summed E-state index contributed by atoms with van der Waals surface area (Å²) in [7, 11) is 0. The number of hydrogen-bond acceptors (Lipinski definition) is 5. The molecule has 1 aromatic rings. The van der Waals surface area contributed by atoms with E-state index in [-0.39, 0.29) is 11.5 Å². The van der Waals surface area contributed by atoms with Crippen LogP contribution in [0, 0.1) is 12.8 Å². The highest BCUT2D eigenvalue weighted by Gasteiger charge is 2.21. The summed E-state index contributed by atoms with van der Waals surface area (Å²) in [5.74, 6) is -0.864. The van der Waals surface area contributed by atoms with Gasteiger partial charge in [-0.25, -0.2) is 4.79 Å². The molecule has 0 aromatic carbocycles. The Bertz CT molecular complexity index is 481. The molecule has 0 radical (unpaired) electrons. The van der Waals surface area contributed by atoms with Crippen LogP contribution in [0.4, 0.5) is 5.00 Å². The monoisotopic (exact) mass is 283 g/mol.